The molecule has 0 amide bonds. The van der Waals surface area contributed by atoms with Gasteiger partial charge in [-0.3, -0.25) is 4.68 Å². The van der Waals surface area contributed by atoms with E-state index in [4.69, 9.17) is 16.3 Å². The molecule has 0 aliphatic heterocycles. The van der Waals surface area contributed by atoms with Crippen molar-refractivity contribution in [1.82, 2.24) is 14.5 Å². The maximum Gasteiger partial charge on any atom is 0.245 e. The number of nitrogens with one attached hydrogen (secondary N) is 1. The van der Waals surface area contributed by atoms with Gasteiger partial charge in [0, 0.05) is 13.6 Å². The molecule has 2 aromatic rings. The van der Waals surface area contributed by atoms with E-state index in [2.05, 4.69) is 9.82 Å². The van der Waals surface area contributed by atoms with Crippen LogP contribution in [0.25, 0.3) is 0 Å². The van der Waals surface area contributed by atoms with Crippen LogP contribution in [0.2, 0.25) is 5.15 Å². The summed E-state index contributed by atoms with van der Waals surface area (Å²) in [7, 11) is -2.07. The van der Waals surface area contributed by atoms with Crippen molar-refractivity contribution in [2.75, 3.05) is 13.2 Å². The van der Waals surface area contributed by atoms with E-state index in [1.165, 1.54) is 4.68 Å². The number of rotatable bonds is 7. The van der Waals surface area contributed by atoms with Gasteiger partial charge in [0.25, 0.3) is 0 Å². The zero-order valence-electron chi connectivity index (χ0n) is 13.3. The van der Waals surface area contributed by atoms with E-state index in [0.29, 0.717) is 18.7 Å². The summed E-state index contributed by atoms with van der Waals surface area (Å²) in [5.74, 6) is 0.801. The maximum atomic E-state index is 12.3. The lowest BCUT2D eigenvalue weighted by Crippen LogP contribution is -2.26. The van der Waals surface area contributed by atoms with Crippen LogP contribution >= 0.6 is 11.6 Å². The van der Waals surface area contributed by atoms with Crippen LogP contribution < -0.4 is 9.46 Å². The first-order valence-corrected chi connectivity index (χ1v) is 9.11. The van der Waals surface area contributed by atoms with Crippen molar-refractivity contribution in [3.63, 3.8) is 0 Å². The second-order valence-electron chi connectivity index (χ2n) is 5.05. The van der Waals surface area contributed by atoms with Crippen molar-refractivity contribution in [2.45, 2.75) is 25.2 Å². The minimum atomic E-state index is -3.68. The maximum absolute atomic E-state index is 12.3. The number of sulfonamides is 1. The highest BCUT2D eigenvalue weighted by molar-refractivity contribution is 7.89. The van der Waals surface area contributed by atoms with Gasteiger partial charge >= 0.3 is 0 Å². The number of halogens is 1. The Morgan fingerprint density at radius 3 is 2.48 bits per heavy atom. The van der Waals surface area contributed by atoms with Gasteiger partial charge in [-0.15, -0.1) is 0 Å². The molecule has 0 saturated heterocycles. The lowest BCUT2D eigenvalue weighted by Gasteiger charge is -2.08. The van der Waals surface area contributed by atoms with E-state index >= 15 is 0 Å². The first-order chi connectivity index (χ1) is 10.8. The molecular weight excluding hydrogens is 338 g/mol. The second-order valence-corrected chi connectivity index (χ2v) is 7.12. The first-order valence-electron chi connectivity index (χ1n) is 7.25. The van der Waals surface area contributed by atoms with Crippen LogP contribution in [-0.2, 0) is 23.5 Å². The van der Waals surface area contributed by atoms with Crippen LogP contribution in [0.1, 0.15) is 18.2 Å². The van der Waals surface area contributed by atoms with Gasteiger partial charge in [-0.05, 0) is 38.0 Å². The average Bonchev–Trinajstić information content (AvgIpc) is 2.74. The molecule has 0 fully saturated rings. The van der Waals surface area contributed by atoms with Gasteiger partial charge in [-0.1, -0.05) is 23.7 Å². The molecule has 0 aliphatic rings. The van der Waals surface area contributed by atoms with E-state index in [1.54, 1.807) is 14.0 Å². The molecule has 0 saturated carbocycles. The molecule has 2 rings (SSSR count). The molecule has 1 aromatic carbocycles. The van der Waals surface area contributed by atoms with E-state index < -0.39 is 10.0 Å². The van der Waals surface area contributed by atoms with E-state index in [0.717, 1.165) is 11.3 Å². The normalized spacial score (nSPS) is 11.7. The highest BCUT2D eigenvalue weighted by Crippen LogP contribution is 2.23. The molecule has 23 heavy (non-hydrogen) atoms. The molecule has 0 spiro atoms. The number of hydrogen-bond donors (Lipinski definition) is 1. The molecule has 1 aromatic heterocycles. The van der Waals surface area contributed by atoms with Crippen LogP contribution in [-0.4, -0.2) is 31.3 Å². The van der Waals surface area contributed by atoms with Crippen LogP contribution in [0.15, 0.2) is 29.2 Å². The molecule has 126 valence electrons. The van der Waals surface area contributed by atoms with E-state index in [9.17, 15) is 8.42 Å². The Morgan fingerprint density at radius 1 is 1.30 bits per heavy atom. The van der Waals surface area contributed by atoms with Gasteiger partial charge in [0.1, 0.15) is 15.8 Å². The Hall–Kier alpha value is -1.57. The molecule has 0 radical (unpaired) electrons. The summed E-state index contributed by atoms with van der Waals surface area (Å²) in [4.78, 5) is 0.0355. The van der Waals surface area contributed by atoms with Crippen LogP contribution in [0.3, 0.4) is 0 Å². The standard InChI is InChI=1S/C15H20ClN3O3S/c1-4-22-13-7-5-12(6-8-13)9-10-17-23(20,21)14-11(2)18-19(3)15(14)16/h5-8,17H,4,9-10H2,1-3H3. The van der Waals surface area contributed by atoms with Crippen molar-refractivity contribution in [1.29, 1.82) is 0 Å². The summed E-state index contributed by atoms with van der Waals surface area (Å²) >= 11 is 6.01. The lowest BCUT2D eigenvalue weighted by atomic mass is 10.1. The number of aromatic nitrogens is 2. The van der Waals surface area contributed by atoms with E-state index in [-0.39, 0.29) is 16.6 Å². The Morgan fingerprint density at radius 2 is 1.96 bits per heavy atom. The van der Waals surface area contributed by atoms with Gasteiger partial charge in [-0.2, -0.15) is 5.10 Å². The Labute approximate surface area is 141 Å². The highest BCUT2D eigenvalue weighted by atomic mass is 35.5. The SMILES string of the molecule is CCOc1ccc(CCNS(=O)(=O)c2c(C)nn(C)c2Cl)cc1. The number of hydrogen-bond acceptors (Lipinski definition) is 4. The zero-order chi connectivity index (χ0) is 17.0. The topological polar surface area (TPSA) is 73.2 Å². The number of nitrogens with zero attached hydrogens (tertiary/aromatic N) is 2. The summed E-state index contributed by atoms with van der Waals surface area (Å²) < 4.78 is 34.0. The monoisotopic (exact) mass is 357 g/mol. The quantitative estimate of drug-likeness (QED) is 0.825. The van der Waals surface area contributed by atoms with E-state index in [1.807, 2.05) is 31.2 Å². The van der Waals surface area contributed by atoms with Crippen LogP contribution in [0.4, 0.5) is 0 Å². The second kappa shape index (κ2) is 7.33. The Bertz CT molecular complexity index is 770. The fraction of sp³-hybridized carbons (Fsp3) is 0.400. The summed E-state index contributed by atoms with van der Waals surface area (Å²) in [5, 5.41) is 4.13. The molecule has 8 heteroatoms. The molecule has 0 aliphatic carbocycles. The van der Waals surface area contributed by atoms with Gasteiger partial charge in [0.05, 0.1) is 12.3 Å². The predicted molar refractivity (Wildman–Crippen MR) is 89.5 cm³/mol. The summed E-state index contributed by atoms with van der Waals surface area (Å²) in [6.45, 7) is 4.44. The summed E-state index contributed by atoms with van der Waals surface area (Å²) in [6, 6.07) is 7.58. The first kappa shape index (κ1) is 17.8. The minimum absolute atomic E-state index is 0.0355. The summed E-state index contributed by atoms with van der Waals surface area (Å²) in [5.41, 5.74) is 1.40. The average molecular weight is 358 g/mol. The van der Waals surface area contributed by atoms with Gasteiger partial charge in [0.2, 0.25) is 10.0 Å². The molecule has 0 bridgehead atoms. The Kier molecular flexibility index (Phi) is 5.67. The van der Waals surface area contributed by atoms with Gasteiger partial charge < -0.3 is 4.74 Å². The highest BCUT2D eigenvalue weighted by Gasteiger charge is 2.24. The molecule has 0 atom stereocenters. The van der Waals surface area contributed by atoms with Crippen molar-refractivity contribution in [2.24, 2.45) is 7.05 Å². The van der Waals surface area contributed by atoms with Crippen molar-refractivity contribution >= 4 is 21.6 Å². The van der Waals surface area contributed by atoms with Crippen molar-refractivity contribution in [3.05, 3.63) is 40.7 Å². The largest absolute Gasteiger partial charge is 0.494 e. The molecule has 6 nitrogen and oxygen atoms in total. The van der Waals surface area contributed by atoms with Crippen LogP contribution in [0.5, 0.6) is 5.75 Å². The van der Waals surface area contributed by atoms with Crippen molar-refractivity contribution in [3.8, 4) is 5.75 Å². The molecule has 1 N–H and O–H groups in total. The van der Waals surface area contributed by atoms with Gasteiger partial charge in [0.15, 0.2) is 0 Å². The number of ether oxygens (including phenoxy) is 1. The van der Waals surface area contributed by atoms with Crippen LogP contribution in [0, 0.1) is 6.92 Å². The van der Waals surface area contributed by atoms with Crippen molar-refractivity contribution < 1.29 is 13.2 Å². The lowest BCUT2D eigenvalue weighted by molar-refractivity contribution is 0.340. The third-order valence-electron chi connectivity index (χ3n) is 3.31. The zero-order valence-corrected chi connectivity index (χ0v) is 14.9. The fourth-order valence-corrected chi connectivity index (χ4v) is 4.01. The van der Waals surface area contributed by atoms with Gasteiger partial charge in [-0.25, -0.2) is 13.1 Å². The molecular formula is C15H20ClN3O3S. The smallest absolute Gasteiger partial charge is 0.245 e. The predicted octanol–water partition coefficient (Wildman–Crippen LogP) is 2.30. The minimum Gasteiger partial charge on any atom is -0.494 e. The number of aryl methyl sites for hydroxylation is 2. The Balaban J connectivity index is 2.00. The summed E-state index contributed by atoms with van der Waals surface area (Å²) in [6.07, 6.45) is 0.572. The third-order valence-corrected chi connectivity index (χ3v) is 5.46. The molecule has 1 heterocycles. The third kappa shape index (κ3) is 4.25. The number of benzene rings is 1. The fourth-order valence-electron chi connectivity index (χ4n) is 2.24. The molecule has 0 unspecified atom stereocenters.